The summed E-state index contributed by atoms with van der Waals surface area (Å²) in [6.07, 6.45) is -2.48. The summed E-state index contributed by atoms with van der Waals surface area (Å²) in [4.78, 5) is 10.5. The Balaban J connectivity index is 2.46. The van der Waals surface area contributed by atoms with E-state index in [1.54, 1.807) is 0 Å². The van der Waals surface area contributed by atoms with Crippen molar-refractivity contribution in [3.63, 3.8) is 0 Å². The van der Waals surface area contributed by atoms with Crippen molar-refractivity contribution in [2.75, 3.05) is 6.61 Å². The van der Waals surface area contributed by atoms with Gasteiger partial charge in [0, 0.05) is 6.42 Å². The van der Waals surface area contributed by atoms with Crippen molar-refractivity contribution in [3.8, 4) is 0 Å². The maximum absolute atomic E-state index is 10.5. The van der Waals surface area contributed by atoms with Crippen LogP contribution in [0.15, 0.2) is 0 Å². The van der Waals surface area contributed by atoms with Crippen LogP contribution >= 0.6 is 0 Å². The van der Waals surface area contributed by atoms with Gasteiger partial charge in [-0.05, 0) is 0 Å². The minimum Gasteiger partial charge on any atom is -0.390 e. The summed E-state index contributed by atoms with van der Waals surface area (Å²) in [5.74, 6) is -0.601. The number of primary amides is 1. The second kappa shape index (κ2) is 3.17. The van der Waals surface area contributed by atoms with E-state index in [1.165, 1.54) is 0 Å². The van der Waals surface area contributed by atoms with Crippen molar-refractivity contribution in [2.45, 2.75) is 24.7 Å². The minimum atomic E-state index is -0.902. The van der Waals surface area contributed by atoms with Gasteiger partial charge in [-0.25, -0.2) is 0 Å². The third-order valence-corrected chi connectivity index (χ3v) is 1.69. The largest absolute Gasteiger partial charge is 0.390 e. The van der Waals surface area contributed by atoms with E-state index in [4.69, 9.17) is 20.7 Å². The SMILES string of the molecule is NC(=O)[C@H]1C[C@H](O)[C@H](O)CO1. The number of carbonyl (C=O) groups excluding carboxylic acids is 1. The van der Waals surface area contributed by atoms with E-state index in [-0.39, 0.29) is 13.0 Å². The van der Waals surface area contributed by atoms with Gasteiger partial charge in [-0.3, -0.25) is 4.79 Å². The van der Waals surface area contributed by atoms with Crippen LogP contribution in [0.25, 0.3) is 0 Å². The van der Waals surface area contributed by atoms with Crippen LogP contribution in [0.5, 0.6) is 0 Å². The highest BCUT2D eigenvalue weighted by Gasteiger charge is 2.31. The summed E-state index contributed by atoms with van der Waals surface area (Å²) in [7, 11) is 0. The van der Waals surface area contributed by atoms with Gasteiger partial charge in [0.05, 0.1) is 12.7 Å². The van der Waals surface area contributed by atoms with E-state index >= 15 is 0 Å². The molecule has 4 N–H and O–H groups in total. The van der Waals surface area contributed by atoms with Gasteiger partial charge in [0.15, 0.2) is 0 Å². The average Bonchev–Trinajstić information content (AvgIpc) is 1.94. The maximum atomic E-state index is 10.5. The van der Waals surface area contributed by atoms with E-state index < -0.39 is 24.2 Å². The molecular weight excluding hydrogens is 150 g/mol. The number of nitrogens with two attached hydrogens (primary N) is 1. The molecule has 5 nitrogen and oxygen atoms in total. The normalized spacial score (nSPS) is 38.5. The topological polar surface area (TPSA) is 92.8 Å². The monoisotopic (exact) mass is 161 g/mol. The highest BCUT2D eigenvalue weighted by molar-refractivity contribution is 5.78. The molecule has 0 aromatic carbocycles. The number of rotatable bonds is 1. The highest BCUT2D eigenvalue weighted by atomic mass is 16.5. The first-order valence-corrected chi connectivity index (χ1v) is 3.38. The van der Waals surface area contributed by atoms with Crippen LogP contribution in [0, 0.1) is 0 Å². The molecule has 0 unspecified atom stereocenters. The second-order valence-corrected chi connectivity index (χ2v) is 2.59. The summed E-state index contributed by atoms with van der Waals surface area (Å²) in [5.41, 5.74) is 4.92. The van der Waals surface area contributed by atoms with Gasteiger partial charge in [-0.15, -0.1) is 0 Å². The minimum absolute atomic E-state index is 0.0330. The molecule has 1 amide bonds. The first kappa shape index (κ1) is 8.45. The Kier molecular flexibility index (Phi) is 2.43. The molecule has 0 radical (unpaired) electrons. The zero-order valence-electron chi connectivity index (χ0n) is 5.93. The van der Waals surface area contributed by atoms with Crippen LogP contribution in [0.3, 0.4) is 0 Å². The van der Waals surface area contributed by atoms with Crippen LogP contribution in [0.2, 0.25) is 0 Å². The number of hydrogen-bond acceptors (Lipinski definition) is 4. The van der Waals surface area contributed by atoms with Crippen molar-refractivity contribution >= 4 is 5.91 Å². The first-order chi connectivity index (χ1) is 5.11. The van der Waals surface area contributed by atoms with Gasteiger partial charge < -0.3 is 20.7 Å². The van der Waals surface area contributed by atoms with Gasteiger partial charge in [0.25, 0.3) is 0 Å². The molecule has 0 aromatic rings. The Morgan fingerprint density at radius 2 is 2.09 bits per heavy atom. The maximum Gasteiger partial charge on any atom is 0.246 e. The predicted molar refractivity (Wildman–Crippen MR) is 35.6 cm³/mol. The number of aliphatic hydroxyl groups is 2. The highest BCUT2D eigenvalue weighted by Crippen LogP contribution is 2.13. The second-order valence-electron chi connectivity index (χ2n) is 2.59. The third-order valence-electron chi connectivity index (χ3n) is 1.69. The van der Waals surface area contributed by atoms with E-state index in [9.17, 15) is 4.79 Å². The van der Waals surface area contributed by atoms with Gasteiger partial charge in [0.2, 0.25) is 5.91 Å². The molecule has 0 saturated carbocycles. The summed E-state index contributed by atoms with van der Waals surface area (Å²) in [5, 5.41) is 18.0. The van der Waals surface area contributed by atoms with Gasteiger partial charge in [0.1, 0.15) is 12.2 Å². The van der Waals surface area contributed by atoms with Gasteiger partial charge in [-0.1, -0.05) is 0 Å². The number of carbonyl (C=O) groups is 1. The fourth-order valence-electron chi connectivity index (χ4n) is 0.969. The Morgan fingerprint density at radius 3 is 2.55 bits per heavy atom. The lowest BCUT2D eigenvalue weighted by Crippen LogP contribution is -2.46. The molecule has 1 saturated heterocycles. The molecule has 1 aliphatic rings. The molecule has 0 bridgehead atoms. The predicted octanol–water partition coefficient (Wildman–Crippen LogP) is -2.02. The van der Waals surface area contributed by atoms with E-state index in [1.807, 2.05) is 0 Å². The van der Waals surface area contributed by atoms with Crippen LogP contribution in [0.4, 0.5) is 0 Å². The van der Waals surface area contributed by atoms with E-state index in [2.05, 4.69) is 0 Å². The zero-order valence-corrected chi connectivity index (χ0v) is 5.93. The number of amides is 1. The lowest BCUT2D eigenvalue weighted by atomic mass is 10.0. The Hall–Kier alpha value is -0.650. The Labute approximate surface area is 63.8 Å². The average molecular weight is 161 g/mol. The molecule has 0 aromatic heterocycles. The van der Waals surface area contributed by atoms with Crippen LogP contribution in [-0.4, -0.2) is 41.0 Å². The van der Waals surface area contributed by atoms with Crippen molar-refractivity contribution in [2.24, 2.45) is 5.73 Å². The molecule has 5 heteroatoms. The molecule has 11 heavy (non-hydrogen) atoms. The molecular formula is C6H11NO4. The number of ether oxygens (including phenoxy) is 1. The fourth-order valence-corrected chi connectivity index (χ4v) is 0.969. The van der Waals surface area contributed by atoms with Crippen LogP contribution in [-0.2, 0) is 9.53 Å². The quantitative estimate of drug-likeness (QED) is 0.414. The van der Waals surface area contributed by atoms with Crippen molar-refractivity contribution in [3.05, 3.63) is 0 Å². The summed E-state index contributed by atoms with van der Waals surface area (Å²) in [6.45, 7) is -0.0330. The van der Waals surface area contributed by atoms with Gasteiger partial charge in [-0.2, -0.15) is 0 Å². The lowest BCUT2D eigenvalue weighted by molar-refractivity contribution is -0.150. The first-order valence-electron chi connectivity index (χ1n) is 3.38. The number of hydrogen-bond donors (Lipinski definition) is 3. The number of aliphatic hydroxyl groups excluding tert-OH is 2. The summed E-state index contributed by atoms with van der Waals surface area (Å²) < 4.78 is 4.84. The third kappa shape index (κ3) is 1.89. The van der Waals surface area contributed by atoms with Crippen molar-refractivity contribution < 1.29 is 19.7 Å². The molecule has 1 fully saturated rings. The fraction of sp³-hybridized carbons (Fsp3) is 0.833. The molecule has 1 aliphatic heterocycles. The standard InChI is InChI=1S/C6H11NO4/c7-6(10)5-1-3(8)4(9)2-11-5/h3-5,8-9H,1-2H2,(H2,7,10)/t3-,4+,5+/m0/s1. The van der Waals surface area contributed by atoms with E-state index in [0.717, 1.165) is 0 Å². The summed E-state index contributed by atoms with van der Waals surface area (Å²) in [6, 6.07) is 0. The lowest BCUT2D eigenvalue weighted by Gasteiger charge is -2.28. The van der Waals surface area contributed by atoms with Crippen molar-refractivity contribution in [1.29, 1.82) is 0 Å². The van der Waals surface area contributed by atoms with Crippen molar-refractivity contribution in [1.82, 2.24) is 0 Å². The van der Waals surface area contributed by atoms with Gasteiger partial charge >= 0.3 is 0 Å². The smallest absolute Gasteiger partial charge is 0.246 e. The zero-order chi connectivity index (χ0) is 8.43. The Morgan fingerprint density at radius 1 is 1.45 bits per heavy atom. The molecule has 0 aliphatic carbocycles. The Bertz CT molecular complexity index is 161. The molecule has 3 atom stereocenters. The molecule has 1 heterocycles. The van der Waals surface area contributed by atoms with Crippen LogP contribution in [0.1, 0.15) is 6.42 Å². The summed E-state index contributed by atoms with van der Waals surface area (Å²) >= 11 is 0. The van der Waals surface area contributed by atoms with E-state index in [0.29, 0.717) is 0 Å². The molecule has 0 spiro atoms. The molecule has 64 valence electrons. The molecule has 1 rings (SSSR count). The van der Waals surface area contributed by atoms with Crippen LogP contribution < -0.4 is 5.73 Å².